The summed E-state index contributed by atoms with van der Waals surface area (Å²) in [6.45, 7) is 3.28. The van der Waals surface area contributed by atoms with Crippen molar-refractivity contribution in [2.45, 2.75) is 0 Å². The Labute approximate surface area is 139 Å². The standard InChI is InChI=1S/C18H18FN3O2/c19-16-5-3-15(4-6-16)18(23)21-20-13-14-1-7-17(8-2-14)22-9-11-24-12-10-22/h1-8,13H,9-12H2,(H,21,23). The van der Waals surface area contributed by atoms with Gasteiger partial charge in [-0.05, 0) is 42.0 Å². The van der Waals surface area contributed by atoms with Gasteiger partial charge in [-0.2, -0.15) is 5.10 Å². The molecule has 1 amide bonds. The van der Waals surface area contributed by atoms with Gasteiger partial charge in [-0.1, -0.05) is 12.1 Å². The van der Waals surface area contributed by atoms with E-state index in [1.807, 2.05) is 24.3 Å². The molecule has 0 saturated carbocycles. The Kier molecular flexibility index (Phi) is 5.18. The molecule has 1 aliphatic rings. The third kappa shape index (κ3) is 4.17. The topological polar surface area (TPSA) is 53.9 Å². The fourth-order valence-electron chi connectivity index (χ4n) is 2.42. The number of morpholine rings is 1. The molecule has 24 heavy (non-hydrogen) atoms. The number of benzene rings is 2. The van der Waals surface area contributed by atoms with Crippen molar-refractivity contribution in [3.8, 4) is 0 Å². The van der Waals surface area contributed by atoms with Crippen LogP contribution < -0.4 is 10.3 Å². The van der Waals surface area contributed by atoms with Crippen LogP contribution in [0.1, 0.15) is 15.9 Å². The fourth-order valence-corrected chi connectivity index (χ4v) is 2.42. The summed E-state index contributed by atoms with van der Waals surface area (Å²) in [7, 11) is 0. The summed E-state index contributed by atoms with van der Waals surface area (Å²) in [6, 6.07) is 13.2. The molecule has 1 aliphatic heterocycles. The molecule has 0 spiro atoms. The SMILES string of the molecule is O=C(NN=Cc1ccc(N2CCOCC2)cc1)c1ccc(F)cc1. The number of hydrogen-bond donors (Lipinski definition) is 1. The summed E-state index contributed by atoms with van der Waals surface area (Å²) < 4.78 is 18.2. The van der Waals surface area contributed by atoms with Gasteiger partial charge in [-0.25, -0.2) is 9.82 Å². The van der Waals surface area contributed by atoms with Gasteiger partial charge in [-0.3, -0.25) is 4.79 Å². The Morgan fingerprint density at radius 3 is 2.42 bits per heavy atom. The Morgan fingerprint density at radius 1 is 1.08 bits per heavy atom. The number of anilines is 1. The maximum absolute atomic E-state index is 12.8. The summed E-state index contributed by atoms with van der Waals surface area (Å²) >= 11 is 0. The van der Waals surface area contributed by atoms with Crippen molar-refractivity contribution in [3.05, 3.63) is 65.5 Å². The lowest BCUT2D eigenvalue weighted by molar-refractivity contribution is 0.0955. The van der Waals surface area contributed by atoms with Crippen LogP contribution in [0.15, 0.2) is 53.6 Å². The van der Waals surface area contributed by atoms with Gasteiger partial charge < -0.3 is 9.64 Å². The van der Waals surface area contributed by atoms with E-state index in [1.165, 1.54) is 24.3 Å². The highest BCUT2D eigenvalue weighted by molar-refractivity contribution is 5.94. The minimum Gasteiger partial charge on any atom is -0.378 e. The van der Waals surface area contributed by atoms with Gasteiger partial charge >= 0.3 is 0 Å². The van der Waals surface area contributed by atoms with Crippen LogP contribution >= 0.6 is 0 Å². The molecular weight excluding hydrogens is 309 g/mol. The predicted octanol–water partition coefficient (Wildman–Crippen LogP) is 2.43. The largest absolute Gasteiger partial charge is 0.378 e. The number of rotatable bonds is 4. The Hall–Kier alpha value is -2.73. The van der Waals surface area contributed by atoms with Gasteiger partial charge in [0, 0.05) is 24.3 Å². The summed E-state index contributed by atoms with van der Waals surface area (Å²) in [4.78, 5) is 14.1. The highest BCUT2D eigenvalue weighted by Gasteiger charge is 2.10. The maximum atomic E-state index is 12.8. The molecular formula is C18H18FN3O2. The molecule has 2 aromatic rings. The third-order valence-corrected chi connectivity index (χ3v) is 3.76. The molecule has 0 bridgehead atoms. The predicted molar refractivity (Wildman–Crippen MR) is 90.9 cm³/mol. The second-order valence-corrected chi connectivity index (χ2v) is 5.40. The average molecular weight is 327 g/mol. The number of ether oxygens (including phenoxy) is 1. The third-order valence-electron chi connectivity index (χ3n) is 3.76. The molecule has 3 rings (SSSR count). The minimum atomic E-state index is -0.379. The molecule has 1 N–H and O–H groups in total. The van der Waals surface area contributed by atoms with E-state index in [1.54, 1.807) is 6.21 Å². The number of amides is 1. The lowest BCUT2D eigenvalue weighted by Gasteiger charge is -2.28. The number of carbonyl (C=O) groups is 1. The molecule has 0 aromatic heterocycles. The zero-order valence-corrected chi connectivity index (χ0v) is 13.1. The normalized spacial score (nSPS) is 14.8. The van der Waals surface area contributed by atoms with Crippen molar-refractivity contribution in [2.24, 2.45) is 5.10 Å². The second-order valence-electron chi connectivity index (χ2n) is 5.40. The zero-order valence-electron chi connectivity index (χ0n) is 13.1. The molecule has 0 unspecified atom stereocenters. The second kappa shape index (κ2) is 7.70. The van der Waals surface area contributed by atoms with Crippen LogP contribution in [0.2, 0.25) is 0 Å². The van der Waals surface area contributed by atoms with E-state index in [9.17, 15) is 9.18 Å². The van der Waals surface area contributed by atoms with E-state index in [0.29, 0.717) is 5.56 Å². The summed E-state index contributed by atoms with van der Waals surface area (Å²) in [5.74, 6) is -0.758. The number of hydrogen-bond acceptors (Lipinski definition) is 4. The van der Waals surface area contributed by atoms with Crippen LogP contribution in [0.5, 0.6) is 0 Å². The van der Waals surface area contributed by atoms with Crippen LogP contribution in [0.25, 0.3) is 0 Å². The average Bonchev–Trinajstić information content (AvgIpc) is 2.63. The van der Waals surface area contributed by atoms with E-state index >= 15 is 0 Å². The Morgan fingerprint density at radius 2 is 1.75 bits per heavy atom. The number of nitrogens with one attached hydrogen (secondary N) is 1. The molecule has 1 fully saturated rings. The van der Waals surface area contributed by atoms with Crippen molar-refractivity contribution < 1.29 is 13.9 Å². The zero-order chi connectivity index (χ0) is 16.8. The molecule has 1 heterocycles. The highest BCUT2D eigenvalue weighted by Crippen LogP contribution is 2.15. The van der Waals surface area contributed by atoms with Crippen molar-refractivity contribution in [3.63, 3.8) is 0 Å². The lowest BCUT2D eigenvalue weighted by atomic mass is 10.2. The lowest BCUT2D eigenvalue weighted by Crippen LogP contribution is -2.36. The van der Waals surface area contributed by atoms with Crippen molar-refractivity contribution in [1.29, 1.82) is 0 Å². The fraction of sp³-hybridized carbons (Fsp3) is 0.222. The van der Waals surface area contributed by atoms with Crippen LogP contribution in [0.4, 0.5) is 10.1 Å². The van der Waals surface area contributed by atoms with Gasteiger partial charge in [0.15, 0.2) is 0 Å². The maximum Gasteiger partial charge on any atom is 0.271 e. The van der Waals surface area contributed by atoms with E-state index < -0.39 is 0 Å². The smallest absolute Gasteiger partial charge is 0.271 e. The van der Waals surface area contributed by atoms with Crippen LogP contribution in [0, 0.1) is 5.82 Å². The number of hydrazone groups is 1. The first-order chi connectivity index (χ1) is 11.7. The first kappa shape index (κ1) is 16.1. The number of nitrogens with zero attached hydrogens (tertiary/aromatic N) is 2. The van der Waals surface area contributed by atoms with Crippen molar-refractivity contribution in [2.75, 3.05) is 31.2 Å². The van der Waals surface area contributed by atoms with Crippen LogP contribution in [0.3, 0.4) is 0 Å². The van der Waals surface area contributed by atoms with Crippen molar-refractivity contribution >= 4 is 17.8 Å². The van der Waals surface area contributed by atoms with Gasteiger partial charge in [0.2, 0.25) is 0 Å². The van der Waals surface area contributed by atoms with Crippen molar-refractivity contribution in [1.82, 2.24) is 5.43 Å². The van der Waals surface area contributed by atoms with Gasteiger partial charge in [0.05, 0.1) is 19.4 Å². The minimum absolute atomic E-state index is 0.358. The quantitative estimate of drug-likeness (QED) is 0.693. The first-order valence-electron chi connectivity index (χ1n) is 7.74. The summed E-state index contributed by atoms with van der Waals surface area (Å²) in [6.07, 6.45) is 1.57. The van der Waals surface area contributed by atoms with Gasteiger partial charge in [0.25, 0.3) is 5.91 Å². The number of carbonyl (C=O) groups excluding carboxylic acids is 1. The van der Waals surface area contributed by atoms with E-state index in [2.05, 4.69) is 15.4 Å². The molecule has 124 valence electrons. The molecule has 2 aromatic carbocycles. The Balaban J connectivity index is 1.56. The highest BCUT2D eigenvalue weighted by atomic mass is 19.1. The van der Waals surface area contributed by atoms with Gasteiger partial charge in [0.1, 0.15) is 5.82 Å². The molecule has 5 nitrogen and oxygen atoms in total. The summed E-state index contributed by atoms with van der Waals surface area (Å²) in [5.41, 5.74) is 4.81. The van der Waals surface area contributed by atoms with E-state index in [4.69, 9.17) is 4.74 Å². The van der Waals surface area contributed by atoms with E-state index in [0.717, 1.165) is 37.6 Å². The molecule has 6 heteroatoms. The molecule has 0 aliphatic carbocycles. The van der Waals surface area contributed by atoms with Crippen LogP contribution in [-0.2, 0) is 4.74 Å². The first-order valence-corrected chi connectivity index (χ1v) is 7.74. The Bertz CT molecular complexity index is 708. The monoisotopic (exact) mass is 327 g/mol. The van der Waals surface area contributed by atoms with Crippen LogP contribution in [-0.4, -0.2) is 38.4 Å². The number of halogens is 1. The molecule has 0 atom stereocenters. The van der Waals surface area contributed by atoms with Gasteiger partial charge in [-0.15, -0.1) is 0 Å². The summed E-state index contributed by atoms with van der Waals surface area (Å²) in [5, 5.41) is 3.93. The molecule has 0 radical (unpaired) electrons. The van der Waals surface area contributed by atoms with E-state index in [-0.39, 0.29) is 11.7 Å². The molecule has 1 saturated heterocycles.